The van der Waals surface area contributed by atoms with E-state index in [0.717, 1.165) is 32.1 Å². The maximum absolute atomic E-state index is 12.6. The quantitative estimate of drug-likeness (QED) is 0.0628. The van der Waals surface area contributed by atoms with E-state index in [1.807, 2.05) is 6.92 Å². The van der Waals surface area contributed by atoms with Crippen molar-refractivity contribution in [3.8, 4) is 0 Å². The molecule has 278 valence electrons. The number of unbranched alkanes of at least 4 members (excludes halogenated alkanes) is 11. The molecule has 47 heavy (non-hydrogen) atoms. The maximum Gasteiger partial charge on any atom is 0.220 e. The zero-order chi connectivity index (χ0) is 34.8. The minimum atomic E-state index is -1.77. The molecule has 0 aliphatic carbocycles. The molecule has 1 amide bonds. The first kappa shape index (κ1) is 42.2. The molecule has 2 aliphatic rings. The maximum atomic E-state index is 12.6. The van der Waals surface area contributed by atoms with Gasteiger partial charge in [0.15, 0.2) is 12.6 Å². The molecule has 0 radical (unpaired) electrons. The minimum Gasteiger partial charge on any atom is -0.394 e. The Bertz CT molecular complexity index is 821. The molecule has 0 aromatic rings. The summed E-state index contributed by atoms with van der Waals surface area (Å²) in [6.07, 6.45) is -1.59. The highest BCUT2D eigenvalue weighted by molar-refractivity contribution is 5.76. The molecule has 9 N–H and O–H groups in total. The van der Waals surface area contributed by atoms with Crippen molar-refractivity contribution >= 4 is 5.91 Å². The molecule has 2 saturated heterocycles. The van der Waals surface area contributed by atoms with E-state index >= 15 is 0 Å². The van der Waals surface area contributed by atoms with Crippen LogP contribution in [0.2, 0.25) is 0 Å². The van der Waals surface area contributed by atoms with Gasteiger partial charge in [-0.3, -0.25) is 4.79 Å². The highest BCUT2D eigenvalue weighted by atomic mass is 16.7. The van der Waals surface area contributed by atoms with Gasteiger partial charge in [-0.05, 0) is 12.8 Å². The van der Waals surface area contributed by atoms with Crippen LogP contribution in [0.4, 0.5) is 0 Å². The van der Waals surface area contributed by atoms with Gasteiger partial charge in [0, 0.05) is 6.42 Å². The highest BCUT2D eigenvalue weighted by Crippen LogP contribution is 2.29. The van der Waals surface area contributed by atoms with Crippen molar-refractivity contribution in [2.75, 3.05) is 19.8 Å². The molecule has 2 heterocycles. The normalized spacial score (nSPS) is 32.6. The summed E-state index contributed by atoms with van der Waals surface area (Å²) < 4.78 is 22.4. The van der Waals surface area contributed by atoms with E-state index in [0.29, 0.717) is 12.8 Å². The SMILES string of the molecule is CCCCCCCCCCCCCC(O)C(COC1OC(CO)C(OC2OC(CO)C(O)C(O)C2O)C(O)C1O)NC(=O)CCCC. The van der Waals surface area contributed by atoms with Crippen LogP contribution in [-0.2, 0) is 23.7 Å². The number of ether oxygens (including phenoxy) is 4. The summed E-state index contributed by atoms with van der Waals surface area (Å²) in [6.45, 7) is 2.53. The summed E-state index contributed by atoms with van der Waals surface area (Å²) in [6, 6.07) is -0.814. The molecule has 12 atom stereocenters. The van der Waals surface area contributed by atoms with Gasteiger partial charge < -0.3 is 65.1 Å². The number of amides is 1. The van der Waals surface area contributed by atoms with Crippen LogP contribution in [0.1, 0.15) is 110 Å². The molecule has 0 saturated carbocycles. The molecular weight excluding hydrogens is 618 g/mol. The van der Waals surface area contributed by atoms with Crippen molar-refractivity contribution in [2.45, 2.75) is 184 Å². The van der Waals surface area contributed by atoms with Crippen LogP contribution in [0.3, 0.4) is 0 Å². The highest BCUT2D eigenvalue weighted by Gasteiger charge is 2.50. The Kier molecular flexibility index (Phi) is 21.0. The summed E-state index contributed by atoms with van der Waals surface area (Å²) in [5.74, 6) is -0.246. The number of aliphatic hydroxyl groups is 8. The van der Waals surface area contributed by atoms with Gasteiger partial charge in [0.2, 0.25) is 5.91 Å². The number of carbonyl (C=O) groups excluding carboxylic acids is 1. The van der Waals surface area contributed by atoms with Gasteiger partial charge in [0.05, 0.1) is 32.0 Å². The zero-order valence-corrected chi connectivity index (χ0v) is 28.3. The lowest BCUT2D eigenvalue weighted by molar-refractivity contribution is -0.359. The second-order valence-corrected chi connectivity index (χ2v) is 13.0. The third kappa shape index (κ3) is 14.0. The van der Waals surface area contributed by atoms with E-state index in [-0.39, 0.29) is 18.9 Å². The van der Waals surface area contributed by atoms with Gasteiger partial charge in [0.25, 0.3) is 0 Å². The first-order chi connectivity index (χ1) is 22.6. The summed E-state index contributed by atoms with van der Waals surface area (Å²) in [5.41, 5.74) is 0. The summed E-state index contributed by atoms with van der Waals surface area (Å²) in [4.78, 5) is 12.6. The Labute approximate surface area is 279 Å². The first-order valence-corrected chi connectivity index (χ1v) is 17.8. The van der Waals surface area contributed by atoms with E-state index in [1.165, 1.54) is 44.9 Å². The summed E-state index contributed by atoms with van der Waals surface area (Å²) >= 11 is 0. The van der Waals surface area contributed by atoms with Crippen LogP contribution in [0.25, 0.3) is 0 Å². The van der Waals surface area contributed by atoms with E-state index in [4.69, 9.17) is 18.9 Å². The molecular formula is C33H63NO13. The van der Waals surface area contributed by atoms with Crippen molar-refractivity contribution in [3.05, 3.63) is 0 Å². The van der Waals surface area contributed by atoms with Gasteiger partial charge in [0.1, 0.15) is 48.8 Å². The predicted octanol–water partition coefficient (Wildman–Crippen LogP) is 0.364. The average molecular weight is 682 g/mol. The number of nitrogens with one attached hydrogen (secondary N) is 1. The average Bonchev–Trinajstić information content (AvgIpc) is 3.07. The lowest BCUT2D eigenvalue weighted by Gasteiger charge is -2.46. The van der Waals surface area contributed by atoms with Crippen LogP contribution in [-0.4, -0.2) is 140 Å². The van der Waals surface area contributed by atoms with Crippen LogP contribution in [0, 0.1) is 0 Å². The van der Waals surface area contributed by atoms with Crippen molar-refractivity contribution in [3.63, 3.8) is 0 Å². The second-order valence-electron chi connectivity index (χ2n) is 13.0. The predicted molar refractivity (Wildman–Crippen MR) is 171 cm³/mol. The fourth-order valence-electron chi connectivity index (χ4n) is 5.98. The largest absolute Gasteiger partial charge is 0.394 e. The molecule has 0 bridgehead atoms. The molecule has 0 aromatic carbocycles. The van der Waals surface area contributed by atoms with Gasteiger partial charge in [-0.1, -0.05) is 90.9 Å². The van der Waals surface area contributed by atoms with E-state index in [9.17, 15) is 45.6 Å². The van der Waals surface area contributed by atoms with Gasteiger partial charge in [-0.15, -0.1) is 0 Å². The van der Waals surface area contributed by atoms with Crippen LogP contribution < -0.4 is 5.32 Å². The van der Waals surface area contributed by atoms with Crippen LogP contribution in [0.15, 0.2) is 0 Å². The monoisotopic (exact) mass is 681 g/mol. The fourth-order valence-corrected chi connectivity index (χ4v) is 5.98. The van der Waals surface area contributed by atoms with Gasteiger partial charge in [-0.25, -0.2) is 0 Å². The van der Waals surface area contributed by atoms with Gasteiger partial charge >= 0.3 is 0 Å². The molecule has 2 aliphatic heterocycles. The minimum absolute atomic E-state index is 0.246. The van der Waals surface area contributed by atoms with Gasteiger partial charge in [-0.2, -0.15) is 0 Å². The smallest absolute Gasteiger partial charge is 0.220 e. The molecule has 12 unspecified atom stereocenters. The third-order valence-electron chi connectivity index (χ3n) is 9.07. The Balaban J connectivity index is 1.91. The third-order valence-corrected chi connectivity index (χ3v) is 9.07. The Morgan fingerprint density at radius 1 is 0.681 bits per heavy atom. The van der Waals surface area contributed by atoms with Crippen LogP contribution in [0.5, 0.6) is 0 Å². The van der Waals surface area contributed by atoms with Crippen molar-refractivity contribution in [1.29, 1.82) is 0 Å². The zero-order valence-electron chi connectivity index (χ0n) is 28.3. The number of hydrogen-bond acceptors (Lipinski definition) is 13. The number of rotatable bonds is 24. The Hall–Kier alpha value is -1.01. The fraction of sp³-hybridized carbons (Fsp3) is 0.970. The first-order valence-electron chi connectivity index (χ1n) is 17.8. The van der Waals surface area contributed by atoms with Crippen molar-refractivity contribution < 1.29 is 64.6 Å². The molecule has 2 rings (SSSR count). The molecule has 0 spiro atoms. The van der Waals surface area contributed by atoms with Crippen molar-refractivity contribution in [2.24, 2.45) is 0 Å². The number of aliphatic hydroxyl groups excluding tert-OH is 8. The molecule has 0 aromatic heterocycles. The topological polar surface area (TPSA) is 228 Å². The Morgan fingerprint density at radius 2 is 1.21 bits per heavy atom. The number of hydrogen-bond donors (Lipinski definition) is 9. The molecule has 14 nitrogen and oxygen atoms in total. The van der Waals surface area contributed by atoms with Crippen LogP contribution >= 0.6 is 0 Å². The summed E-state index contributed by atoms with van der Waals surface area (Å²) in [5, 5.41) is 85.4. The lowest BCUT2D eigenvalue weighted by Crippen LogP contribution is -2.65. The van der Waals surface area contributed by atoms with E-state index in [2.05, 4.69) is 12.2 Å². The number of carbonyl (C=O) groups is 1. The standard InChI is InChI=1S/C33H63NO13/c1-3-5-7-8-9-10-11-12-13-14-15-16-22(37)21(34-25(38)17-6-4-2)20-44-32-30(43)28(41)31(24(19-36)46-32)47-33-29(42)27(40)26(39)23(18-35)45-33/h21-24,26-33,35-37,39-43H,3-20H2,1-2H3,(H,34,38). The summed E-state index contributed by atoms with van der Waals surface area (Å²) in [7, 11) is 0. The Morgan fingerprint density at radius 3 is 1.79 bits per heavy atom. The van der Waals surface area contributed by atoms with Crippen molar-refractivity contribution in [1.82, 2.24) is 5.32 Å². The van der Waals surface area contributed by atoms with E-state index in [1.54, 1.807) is 0 Å². The van der Waals surface area contributed by atoms with E-state index < -0.39 is 86.8 Å². The molecule has 14 heteroatoms. The second kappa shape index (κ2) is 23.4. The lowest BCUT2D eigenvalue weighted by atomic mass is 9.97. The molecule has 2 fully saturated rings.